The van der Waals surface area contributed by atoms with Crippen molar-refractivity contribution in [1.82, 2.24) is 0 Å². The molecule has 12 heavy (non-hydrogen) atoms. The summed E-state index contributed by atoms with van der Waals surface area (Å²) in [6.45, 7) is 7.02. The average molecular weight is 169 g/mol. The number of rotatable bonds is 1. The zero-order valence-electron chi connectivity index (χ0n) is 8.72. The maximum atomic E-state index is 6.11. The molecule has 1 nitrogen and oxygen atoms in total. The van der Waals surface area contributed by atoms with Crippen molar-refractivity contribution in [2.45, 2.75) is 52.5 Å². The summed E-state index contributed by atoms with van der Waals surface area (Å²) in [6, 6.07) is 0.474. The molecule has 1 heteroatoms. The van der Waals surface area contributed by atoms with E-state index in [2.05, 4.69) is 20.8 Å². The minimum absolute atomic E-state index is 0.474. The molecule has 4 atom stereocenters. The highest BCUT2D eigenvalue weighted by Crippen LogP contribution is 2.32. The first-order chi connectivity index (χ1) is 5.65. The van der Waals surface area contributed by atoms with Gasteiger partial charge in [0.2, 0.25) is 0 Å². The molecule has 0 radical (unpaired) electrons. The monoisotopic (exact) mass is 169 g/mol. The van der Waals surface area contributed by atoms with Crippen molar-refractivity contribution in [3.05, 3.63) is 0 Å². The van der Waals surface area contributed by atoms with E-state index in [-0.39, 0.29) is 0 Å². The van der Waals surface area contributed by atoms with Gasteiger partial charge >= 0.3 is 0 Å². The van der Waals surface area contributed by atoms with E-state index >= 15 is 0 Å². The van der Waals surface area contributed by atoms with Crippen molar-refractivity contribution >= 4 is 0 Å². The Hall–Kier alpha value is -0.0400. The van der Waals surface area contributed by atoms with Gasteiger partial charge in [-0.2, -0.15) is 0 Å². The van der Waals surface area contributed by atoms with Crippen molar-refractivity contribution < 1.29 is 0 Å². The summed E-state index contributed by atoms with van der Waals surface area (Å²) in [5.74, 6) is 2.54. The van der Waals surface area contributed by atoms with E-state index < -0.39 is 0 Å². The molecular weight excluding hydrogens is 146 g/mol. The Morgan fingerprint density at radius 1 is 1.17 bits per heavy atom. The molecule has 0 aromatic heterocycles. The van der Waals surface area contributed by atoms with Gasteiger partial charge < -0.3 is 5.73 Å². The van der Waals surface area contributed by atoms with Crippen LogP contribution < -0.4 is 5.73 Å². The molecule has 72 valence electrons. The van der Waals surface area contributed by atoms with Crippen LogP contribution in [-0.2, 0) is 0 Å². The molecule has 0 spiro atoms. The normalized spacial score (nSPS) is 44.0. The van der Waals surface area contributed by atoms with Crippen molar-refractivity contribution in [3.63, 3.8) is 0 Å². The molecule has 1 rings (SSSR count). The fourth-order valence-electron chi connectivity index (χ4n) is 2.33. The van der Waals surface area contributed by atoms with Crippen LogP contribution in [0.4, 0.5) is 0 Å². The SMILES string of the molecule is CCC1CC(C)C(C)CCC1N. The van der Waals surface area contributed by atoms with Crippen LogP contribution in [-0.4, -0.2) is 6.04 Å². The molecule has 0 aliphatic heterocycles. The third-order valence-electron chi connectivity index (χ3n) is 3.73. The van der Waals surface area contributed by atoms with Gasteiger partial charge in [0, 0.05) is 6.04 Å². The lowest BCUT2D eigenvalue weighted by molar-refractivity contribution is 0.315. The zero-order chi connectivity index (χ0) is 9.14. The molecule has 0 aromatic carbocycles. The van der Waals surface area contributed by atoms with Crippen molar-refractivity contribution in [2.24, 2.45) is 23.5 Å². The van der Waals surface area contributed by atoms with Crippen LogP contribution in [0.1, 0.15) is 46.5 Å². The van der Waals surface area contributed by atoms with E-state index in [1.807, 2.05) is 0 Å². The Morgan fingerprint density at radius 3 is 2.42 bits per heavy atom. The second-order valence-corrected chi connectivity index (χ2v) is 4.60. The van der Waals surface area contributed by atoms with Gasteiger partial charge in [0.1, 0.15) is 0 Å². The smallest absolute Gasteiger partial charge is 0.00672 e. The molecule has 0 heterocycles. The summed E-state index contributed by atoms with van der Waals surface area (Å²) >= 11 is 0. The second-order valence-electron chi connectivity index (χ2n) is 4.60. The standard InChI is InChI=1S/C11H23N/c1-4-10-7-9(3)8(2)5-6-11(10)12/h8-11H,4-7,12H2,1-3H3. The van der Waals surface area contributed by atoms with Gasteiger partial charge in [-0.15, -0.1) is 0 Å². The Balaban J connectivity index is 2.54. The molecule has 4 unspecified atom stereocenters. The van der Waals surface area contributed by atoms with Crippen LogP contribution in [0.15, 0.2) is 0 Å². The molecular formula is C11H23N. The van der Waals surface area contributed by atoms with Crippen LogP contribution in [0.25, 0.3) is 0 Å². The van der Waals surface area contributed by atoms with E-state index in [0.29, 0.717) is 6.04 Å². The van der Waals surface area contributed by atoms with E-state index in [0.717, 1.165) is 17.8 Å². The predicted molar refractivity (Wildman–Crippen MR) is 53.9 cm³/mol. The Morgan fingerprint density at radius 2 is 1.83 bits per heavy atom. The zero-order valence-corrected chi connectivity index (χ0v) is 8.72. The molecule has 0 saturated heterocycles. The minimum Gasteiger partial charge on any atom is -0.327 e. The van der Waals surface area contributed by atoms with Crippen molar-refractivity contribution in [2.75, 3.05) is 0 Å². The maximum absolute atomic E-state index is 6.11. The summed E-state index contributed by atoms with van der Waals surface area (Å²) in [5, 5.41) is 0. The second kappa shape index (κ2) is 4.27. The molecule has 1 aliphatic rings. The summed E-state index contributed by atoms with van der Waals surface area (Å²) in [6.07, 6.45) is 5.18. The molecule has 2 N–H and O–H groups in total. The van der Waals surface area contributed by atoms with Crippen LogP contribution in [0.3, 0.4) is 0 Å². The molecule has 0 aromatic rings. The Kier molecular flexibility index (Phi) is 3.57. The third-order valence-corrected chi connectivity index (χ3v) is 3.73. The summed E-state index contributed by atoms with van der Waals surface area (Å²) in [7, 11) is 0. The summed E-state index contributed by atoms with van der Waals surface area (Å²) in [5.41, 5.74) is 6.11. The number of nitrogens with two attached hydrogens (primary N) is 1. The molecule has 1 fully saturated rings. The van der Waals surface area contributed by atoms with E-state index in [1.54, 1.807) is 0 Å². The lowest BCUT2D eigenvalue weighted by Crippen LogP contribution is -2.28. The highest BCUT2D eigenvalue weighted by Gasteiger charge is 2.26. The Labute approximate surface area is 76.7 Å². The first-order valence-corrected chi connectivity index (χ1v) is 5.40. The van der Waals surface area contributed by atoms with Gasteiger partial charge in [0.05, 0.1) is 0 Å². The highest BCUT2D eigenvalue weighted by atomic mass is 14.7. The topological polar surface area (TPSA) is 26.0 Å². The average Bonchev–Trinajstić information content (AvgIpc) is 2.18. The molecule has 1 saturated carbocycles. The number of hydrogen-bond acceptors (Lipinski definition) is 1. The maximum Gasteiger partial charge on any atom is 0.00672 e. The minimum atomic E-state index is 0.474. The van der Waals surface area contributed by atoms with E-state index in [4.69, 9.17) is 5.73 Å². The lowest BCUT2D eigenvalue weighted by atomic mass is 9.87. The van der Waals surface area contributed by atoms with Gasteiger partial charge in [-0.1, -0.05) is 27.2 Å². The van der Waals surface area contributed by atoms with Gasteiger partial charge in [-0.3, -0.25) is 0 Å². The van der Waals surface area contributed by atoms with Crippen molar-refractivity contribution in [1.29, 1.82) is 0 Å². The van der Waals surface area contributed by atoms with E-state index in [1.165, 1.54) is 25.7 Å². The fraction of sp³-hybridized carbons (Fsp3) is 1.00. The molecule has 0 amide bonds. The van der Waals surface area contributed by atoms with Crippen LogP contribution in [0.5, 0.6) is 0 Å². The van der Waals surface area contributed by atoms with Crippen LogP contribution in [0.2, 0.25) is 0 Å². The van der Waals surface area contributed by atoms with Crippen LogP contribution >= 0.6 is 0 Å². The van der Waals surface area contributed by atoms with Crippen molar-refractivity contribution in [3.8, 4) is 0 Å². The fourth-order valence-corrected chi connectivity index (χ4v) is 2.33. The first kappa shape index (κ1) is 10.0. The Bertz CT molecular complexity index is 133. The number of hydrogen-bond donors (Lipinski definition) is 1. The van der Waals surface area contributed by atoms with Gasteiger partial charge in [-0.05, 0) is 37.0 Å². The largest absolute Gasteiger partial charge is 0.327 e. The summed E-state index contributed by atoms with van der Waals surface area (Å²) in [4.78, 5) is 0. The molecule has 1 aliphatic carbocycles. The van der Waals surface area contributed by atoms with Crippen LogP contribution in [0, 0.1) is 17.8 Å². The highest BCUT2D eigenvalue weighted by molar-refractivity contribution is 4.80. The quantitative estimate of drug-likeness (QED) is 0.600. The summed E-state index contributed by atoms with van der Waals surface area (Å²) < 4.78 is 0. The van der Waals surface area contributed by atoms with Gasteiger partial charge in [-0.25, -0.2) is 0 Å². The lowest BCUT2D eigenvalue weighted by Gasteiger charge is -2.21. The molecule has 0 bridgehead atoms. The van der Waals surface area contributed by atoms with Gasteiger partial charge in [0.15, 0.2) is 0 Å². The first-order valence-electron chi connectivity index (χ1n) is 5.40. The third kappa shape index (κ3) is 2.22. The van der Waals surface area contributed by atoms with E-state index in [9.17, 15) is 0 Å². The van der Waals surface area contributed by atoms with Gasteiger partial charge in [0.25, 0.3) is 0 Å². The predicted octanol–water partition coefficient (Wildman–Crippen LogP) is 2.80.